The summed E-state index contributed by atoms with van der Waals surface area (Å²) < 4.78 is 1.44. The van der Waals surface area contributed by atoms with Crippen molar-refractivity contribution in [1.82, 2.24) is 15.0 Å². The minimum atomic E-state index is -0.152. The Labute approximate surface area is 89.7 Å². The number of phenols is 1. The molecule has 0 amide bonds. The van der Waals surface area contributed by atoms with Crippen LogP contribution >= 0.6 is 23.2 Å². The molecule has 0 bridgehead atoms. The molecule has 2 rings (SSSR count). The lowest BCUT2D eigenvalue weighted by Crippen LogP contribution is -1.96. The normalized spacial score (nSPS) is 10.4. The second-order valence-electron chi connectivity index (χ2n) is 2.58. The van der Waals surface area contributed by atoms with E-state index in [1.165, 1.54) is 10.9 Å². The van der Waals surface area contributed by atoms with E-state index in [1.807, 2.05) is 0 Å². The lowest BCUT2D eigenvalue weighted by Gasteiger charge is -2.05. The fraction of sp³-hybridized carbons (Fsp3) is 0. The Balaban J connectivity index is 2.61. The summed E-state index contributed by atoms with van der Waals surface area (Å²) in [4.78, 5) is 0. The van der Waals surface area contributed by atoms with Crippen LogP contribution in [0.15, 0.2) is 24.5 Å². The second kappa shape index (κ2) is 3.48. The maximum atomic E-state index is 9.46. The Morgan fingerprint density at radius 2 is 2.07 bits per heavy atom. The molecule has 2 aromatic rings. The molecule has 0 saturated carbocycles. The van der Waals surface area contributed by atoms with Crippen LogP contribution in [0.3, 0.4) is 0 Å². The molecule has 72 valence electrons. The third kappa shape index (κ3) is 1.42. The number of hydrogen-bond donors (Lipinski definition) is 1. The van der Waals surface area contributed by atoms with E-state index in [0.717, 1.165) is 0 Å². The predicted octanol–water partition coefficient (Wildman–Crippen LogP) is 2.28. The summed E-state index contributed by atoms with van der Waals surface area (Å²) in [7, 11) is 0. The van der Waals surface area contributed by atoms with Gasteiger partial charge >= 0.3 is 0 Å². The number of rotatable bonds is 1. The molecule has 0 aliphatic rings. The van der Waals surface area contributed by atoms with Gasteiger partial charge in [-0.2, -0.15) is 0 Å². The van der Waals surface area contributed by atoms with Crippen molar-refractivity contribution < 1.29 is 5.11 Å². The summed E-state index contributed by atoms with van der Waals surface area (Å²) in [5.41, 5.74) is 0.533. The first kappa shape index (κ1) is 9.30. The Hall–Kier alpha value is -1.26. The molecule has 4 nitrogen and oxygen atoms in total. The highest BCUT2D eigenvalue weighted by atomic mass is 35.5. The van der Waals surface area contributed by atoms with Gasteiger partial charge in [0.25, 0.3) is 0 Å². The van der Waals surface area contributed by atoms with Gasteiger partial charge in [0.2, 0.25) is 0 Å². The van der Waals surface area contributed by atoms with Crippen LogP contribution in [0, 0.1) is 0 Å². The molecule has 0 radical (unpaired) electrons. The van der Waals surface area contributed by atoms with Crippen molar-refractivity contribution in [3.8, 4) is 11.4 Å². The van der Waals surface area contributed by atoms with Gasteiger partial charge in [0.05, 0.1) is 23.1 Å². The van der Waals surface area contributed by atoms with Gasteiger partial charge in [0.15, 0.2) is 5.75 Å². The number of aromatic hydroxyl groups is 1. The van der Waals surface area contributed by atoms with Crippen molar-refractivity contribution in [2.45, 2.75) is 0 Å². The molecule has 0 aliphatic heterocycles. The largest absolute Gasteiger partial charge is 0.505 e. The predicted molar refractivity (Wildman–Crippen MR) is 53.0 cm³/mol. The van der Waals surface area contributed by atoms with E-state index in [9.17, 15) is 5.11 Å². The summed E-state index contributed by atoms with van der Waals surface area (Å²) in [6.45, 7) is 0. The summed E-state index contributed by atoms with van der Waals surface area (Å²) >= 11 is 11.5. The molecular weight excluding hydrogens is 225 g/mol. The zero-order valence-corrected chi connectivity index (χ0v) is 8.37. The Morgan fingerprint density at radius 1 is 1.29 bits per heavy atom. The number of benzene rings is 1. The molecule has 0 aliphatic carbocycles. The van der Waals surface area contributed by atoms with Crippen LogP contribution < -0.4 is 0 Å². The first-order chi connectivity index (χ1) is 6.70. The van der Waals surface area contributed by atoms with E-state index >= 15 is 0 Å². The molecule has 0 atom stereocenters. The zero-order chi connectivity index (χ0) is 10.1. The van der Waals surface area contributed by atoms with Crippen molar-refractivity contribution in [3.05, 3.63) is 34.6 Å². The third-order valence-corrected chi connectivity index (χ3v) is 2.39. The standard InChI is InChI=1S/C8H5Cl2N3O/c9-5-1-2-6(7(10)8(5)14)13-4-3-11-12-13/h1-4,14H. The highest BCUT2D eigenvalue weighted by Gasteiger charge is 2.10. The molecular formula is C8H5Cl2N3O. The molecule has 0 unspecified atom stereocenters. The molecule has 6 heteroatoms. The van der Waals surface area contributed by atoms with Gasteiger partial charge in [-0.05, 0) is 12.1 Å². The fourth-order valence-electron chi connectivity index (χ4n) is 1.04. The molecule has 14 heavy (non-hydrogen) atoms. The minimum Gasteiger partial charge on any atom is -0.505 e. The average molecular weight is 230 g/mol. The lowest BCUT2D eigenvalue weighted by atomic mass is 10.3. The SMILES string of the molecule is Oc1c(Cl)ccc(-n2ccnn2)c1Cl. The molecule has 1 heterocycles. The van der Waals surface area contributed by atoms with Crippen molar-refractivity contribution in [3.63, 3.8) is 0 Å². The fourth-order valence-corrected chi connectivity index (χ4v) is 1.50. The van der Waals surface area contributed by atoms with Gasteiger partial charge in [0.1, 0.15) is 5.02 Å². The van der Waals surface area contributed by atoms with Gasteiger partial charge in [-0.25, -0.2) is 4.68 Å². The van der Waals surface area contributed by atoms with E-state index in [-0.39, 0.29) is 15.8 Å². The first-order valence-corrected chi connectivity index (χ1v) is 4.49. The number of aromatic nitrogens is 3. The summed E-state index contributed by atoms with van der Waals surface area (Å²) in [6.07, 6.45) is 3.14. The van der Waals surface area contributed by atoms with Crippen LogP contribution in [-0.4, -0.2) is 20.1 Å². The van der Waals surface area contributed by atoms with Crippen molar-refractivity contribution >= 4 is 23.2 Å². The van der Waals surface area contributed by atoms with Crippen LogP contribution in [0.1, 0.15) is 0 Å². The van der Waals surface area contributed by atoms with Gasteiger partial charge in [-0.1, -0.05) is 28.4 Å². The molecule has 0 fully saturated rings. The van der Waals surface area contributed by atoms with Crippen LogP contribution in [0.2, 0.25) is 10.0 Å². The zero-order valence-electron chi connectivity index (χ0n) is 6.85. The van der Waals surface area contributed by atoms with Crippen LogP contribution in [-0.2, 0) is 0 Å². The number of phenolic OH excluding ortho intramolecular Hbond substituents is 1. The van der Waals surface area contributed by atoms with E-state index in [1.54, 1.807) is 18.3 Å². The quantitative estimate of drug-likeness (QED) is 0.817. The molecule has 0 spiro atoms. The van der Waals surface area contributed by atoms with Gasteiger partial charge in [-0.3, -0.25) is 0 Å². The van der Waals surface area contributed by atoms with Crippen LogP contribution in [0.25, 0.3) is 5.69 Å². The number of halogens is 2. The highest BCUT2D eigenvalue weighted by molar-refractivity contribution is 6.38. The minimum absolute atomic E-state index is 0.152. The van der Waals surface area contributed by atoms with E-state index in [0.29, 0.717) is 5.69 Å². The average Bonchev–Trinajstić information content (AvgIpc) is 2.67. The Kier molecular flexibility index (Phi) is 2.31. The van der Waals surface area contributed by atoms with Crippen LogP contribution in [0.4, 0.5) is 0 Å². The molecule has 1 aromatic heterocycles. The summed E-state index contributed by atoms with van der Waals surface area (Å²) in [5.74, 6) is -0.152. The van der Waals surface area contributed by atoms with Gasteiger partial charge < -0.3 is 5.11 Å². The van der Waals surface area contributed by atoms with Crippen LogP contribution in [0.5, 0.6) is 5.75 Å². The van der Waals surface area contributed by atoms with E-state index in [4.69, 9.17) is 23.2 Å². The summed E-state index contributed by atoms with van der Waals surface area (Å²) in [5, 5.41) is 17.2. The Morgan fingerprint density at radius 3 is 2.71 bits per heavy atom. The van der Waals surface area contributed by atoms with Gasteiger partial charge in [-0.15, -0.1) is 5.10 Å². The van der Waals surface area contributed by atoms with E-state index in [2.05, 4.69) is 10.3 Å². The second-order valence-corrected chi connectivity index (χ2v) is 3.36. The maximum absolute atomic E-state index is 9.46. The Bertz CT molecular complexity index is 456. The van der Waals surface area contributed by atoms with Crippen molar-refractivity contribution in [2.75, 3.05) is 0 Å². The maximum Gasteiger partial charge on any atom is 0.154 e. The van der Waals surface area contributed by atoms with Crippen molar-refractivity contribution in [1.29, 1.82) is 0 Å². The topological polar surface area (TPSA) is 50.9 Å². The third-order valence-electron chi connectivity index (χ3n) is 1.72. The van der Waals surface area contributed by atoms with Crippen molar-refractivity contribution in [2.24, 2.45) is 0 Å². The number of nitrogens with zero attached hydrogens (tertiary/aromatic N) is 3. The molecule has 0 saturated heterocycles. The number of hydrogen-bond acceptors (Lipinski definition) is 3. The van der Waals surface area contributed by atoms with Gasteiger partial charge in [0, 0.05) is 0 Å². The molecule has 1 aromatic carbocycles. The summed E-state index contributed by atoms with van der Waals surface area (Å²) in [6, 6.07) is 3.19. The lowest BCUT2D eigenvalue weighted by molar-refractivity contribution is 0.475. The monoisotopic (exact) mass is 229 g/mol. The van der Waals surface area contributed by atoms with E-state index < -0.39 is 0 Å². The highest BCUT2D eigenvalue weighted by Crippen LogP contribution is 2.35. The smallest absolute Gasteiger partial charge is 0.154 e. The molecule has 1 N–H and O–H groups in total. The first-order valence-electron chi connectivity index (χ1n) is 3.74.